The van der Waals surface area contributed by atoms with Gasteiger partial charge in [0.05, 0.1) is 5.71 Å². The average molecular weight is 396 g/mol. The van der Waals surface area contributed by atoms with Gasteiger partial charge >= 0.3 is 0 Å². The maximum Gasteiger partial charge on any atom is 0.289 e. The Labute approximate surface area is 167 Å². The van der Waals surface area contributed by atoms with Gasteiger partial charge in [-0.1, -0.05) is 30.3 Å². The van der Waals surface area contributed by atoms with Crippen LogP contribution in [0, 0.1) is 6.92 Å². The first-order valence-electron chi connectivity index (χ1n) is 9.39. The van der Waals surface area contributed by atoms with Gasteiger partial charge in [-0.15, -0.1) is 0 Å². The maximum absolute atomic E-state index is 14.4. The normalized spacial score (nSPS) is 19.8. The molecule has 29 heavy (non-hydrogen) atoms. The van der Waals surface area contributed by atoms with Crippen molar-refractivity contribution < 1.29 is 14.0 Å². The summed E-state index contributed by atoms with van der Waals surface area (Å²) in [5.41, 5.74) is 1.95. The van der Waals surface area contributed by atoms with Gasteiger partial charge in [-0.2, -0.15) is 10.1 Å². The van der Waals surface area contributed by atoms with Crippen molar-refractivity contribution in [3.63, 3.8) is 0 Å². The predicted octanol–water partition coefficient (Wildman–Crippen LogP) is 1.21. The summed E-state index contributed by atoms with van der Waals surface area (Å²) in [6.45, 7) is 3.67. The molecule has 1 aromatic carbocycles. The van der Waals surface area contributed by atoms with Gasteiger partial charge in [0.2, 0.25) is 12.1 Å². The summed E-state index contributed by atoms with van der Waals surface area (Å²) in [5, 5.41) is 4.24. The number of halogens is 1. The fraction of sp³-hybridized carbons (Fsp3) is 0.350. The van der Waals surface area contributed by atoms with Crippen molar-refractivity contribution in [2.24, 2.45) is 17.0 Å². The molecule has 0 bridgehead atoms. The van der Waals surface area contributed by atoms with E-state index in [1.807, 2.05) is 13.0 Å². The lowest BCUT2D eigenvalue weighted by Gasteiger charge is -2.35. The Morgan fingerprint density at radius 2 is 1.79 bits per heavy atom. The van der Waals surface area contributed by atoms with Crippen molar-refractivity contribution in [2.45, 2.75) is 13.1 Å². The number of carbonyl (C=O) groups is 2. The van der Waals surface area contributed by atoms with Crippen LogP contribution in [0.3, 0.4) is 0 Å². The smallest absolute Gasteiger partial charge is 0.289 e. The van der Waals surface area contributed by atoms with Crippen molar-refractivity contribution in [3.8, 4) is 0 Å². The molecule has 150 valence electrons. The van der Waals surface area contributed by atoms with Crippen molar-refractivity contribution in [3.05, 3.63) is 53.3 Å². The Hall–Kier alpha value is -3.36. The van der Waals surface area contributed by atoms with Crippen molar-refractivity contribution >= 4 is 23.5 Å². The fourth-order valence-electron chi connectivity index (χ4n) is 3.36. The molecule has 1 atom stereocenters. The summed E-state index contributed by atoms with van der Waals surface area (Å²) in [4.78, 5) is 36.4. The van der Waals surface area contributed by atoms with Crippen LogP contribution in [0.1, 0.15) is 21.7 Å². The monoisotopic (exact) mass is 396 g/mol. The lowest BCUT2D eigenvalue weighted by atomic mass is 10.0. The lowest BCUT2D eigenvalue weighted by molar-refractivity contribution is -0.120. The Morgan fingerprint density at radius 1 is 1.10 bits per heavy atom. The molecule has 2 aliphatic rings. The number of nitrogens with zero attached hydrogens (tertiary/aromatic N) is 6. The predicted molar refractivity (Wildman–Crippen MR) is 106 cm³/mol. The van der Waals surface area contributed by atoms with Crippen LogP contribution in [0.4, 0.5) is 4.39 Å². The van der Waals surface area contributed by atoms with E-state index in [1.54, 1.807) is 51.9 Å². The number of hydrogen-bond donors (Lipinski definition) is 0. The number of carbonyl (C=O) groups excluding carboxylic acids is 2. The SMILES string of the molecule is Cc1cc(C(=O)N2CCN(C3=NC(=O)C(F)C(c4ccccc4)=N3)CC2)nn1C. The first kappa shape index (κ1) is 19.0. The maximum atomic E-state index is 14.4. The van der Waals surface area contributed by atoms with E-state index in [2.05, 4.69) is 15.1 Å². The Kier molecular flexibility index (Phi) is 4.96. The van der Waals surface area contributed by atoms with Gasteiger partial charge in [0, 0.05) is 38.9 Å². The number of hydrogen-bond acceptors (Lipinski definition) is 5. The van der Waals surface area contributed by atoms with Crippen molar-refractivity contribution in [1.82, 2.24) is 19.6 Å². The molecule has 0 spiro atoms. The summed E-state index contributed by atoms with van der Waals surface area (Å²) < 4.78 is 16.1. The molecule has 1 unspecified atom stereocenters. The molecule has 2 aliphatic heterocycles. The zero-order chi connectivity index (χ0) is 20.5. The Bertz CT molecular complexity index is 986. The summed E-state index contributed by atoms with van der Waals surface area (Å²) >= 11 is 0. The van der Waals surface area contributed by atoms with Crippen molar-refractivity contribution in [2.75, 3.05) is 26.2 Å². The minimum absolute atomic E-state index is 0.0723. The molecule has 1 fully saturated rings. The highest BCUT2D eigenvalue weighted by Gasteiger charge is 2.33. The molecule has 1 saturated heterocycles. The van der Waals surface area contributed by atoms with Crippen LogP contribution < -0.4 is 0 Å². The molecular formula is C20H21FN6O2. The molecule has 1 aromatic heterocycles. The number of alkyl halides is 1. The van der Waals surface area contributed by atoms with Crippen LogP contribution in [-0.2, 0) is 11.8 Å². The van der Waals surface area contributed by atoms with Gasteiger partial charge in [-0.05, 0) is 18.6 Å². The molecular weight excluding hydrogens is 375 g/mol. The van der Waals surface area contributed by atoms with Crippen molar-refractivity contribution in [1.29, 1.82) is 0 Å². The first-order chi connectivity index (χ1) is 13.9. The second-order valence-electron chi connectivity index (χ2n) is 7.05. The number of aromatic nitrogens is 2. The average Bonchev–Trinajstić information content (AvgIpc) is 3.08. The zero-order valence-electron chi connectivity index (χ0n) is 16.2. The van der Waals surface area contributed by atoms with Gasteiger partial charge in [0.1, 0.15) is 0 Å². The summed E-state index contributed by atoms with van der Waals surface area (Å²) in [6.07, 6.45) is -1.86. The Balaban J connectivity index is 1.48. The van der Waals surface area contributed by atoms with Crippen LogP contribution in [-0.4, -0.2) is 75.4 Å². The van der Waals surface area contributed by atoms with E-state index >= 15 is 0 Å². The lowest BCUT2D eigenvalue weighted by Crippen LogP contribution is -2.51. The summed E-state index contributed by atoms with van der Waals surface area (Å²) in [6, 6.07) is 10.5. The fourth-order valence-corrected chi connectivity index (χ4v) is 3.36. The number of piperazine rings is 1. The van der Waals surface area contributed by atoms with Gasteiger partial charge in [-0.25, -0.2) is 9.38 Å². The molecule has 8 nitrogen and oxygen atoms in total. The van der Waals surface area contributed by atoms with E-state index in [1.165, 1.54) is 0 Å². The van der Waals surface area contributed by atoms with E-state index in [0.717, 1.165) is 5.69 Å². The van der Waals surface area contributed by atoms with Crippen LogP contribution in [0.5, 0.6) is 0 Å². The third-order valence-electron chi connectivity index (χ3n) is 5.14. The minimum atomic E-state index is -1.86. The Morgan fingerprint density at radius 3 is 2.41 bits per heavy atom. The van der Waals surface area contributed by atoms with Gasteiger partial charge in [0.15, 0.2) is 5.69 Å². The second kappa shape index (κ2) is 7.57. The molecule has 4 rings (SSSR count). The number of amides is 2. The van der Waals surface area contributed by atoms with Crippen LogP contribution in [0.25, 0.3) is 0 Å². The molecule has 2 amide bonds. The third kappa shape index (κ3) is 3.67. The first-order valence-corrected chi connectivity index (χ1v) is 9.39. The second-order valence-corrected chi connectivity index (χ2v) is 7.05. The van der Waals surface area contributed by atoms with E-state index < -0.39 is 12.1 Å². The highest BCUT2D eigenvalue weighted by atomic mass is 19.1. The van der Waals surface area contributed by atoms with Gasteiger partial charge in [0.25, 0.3) is 11.8 Å². The minimum Gasteiger partial charge on any atom is -0.337 e. The highest BCUT2D eigenvalue weighted by Crippen LogP contribution is 2.17. The van der Waals surface area contributed by atoms with E-state index in [4.69, 9.17) is 0 Å². The quantitative estimate of drug-likeness (QED) is 0.764. The van der Waals surface area contributed by atoms with Gasteiger partial charge in [-0.3, -0.25) is 14.3 Å². The van der Waals surface area contributed by atoms with E-state index in [-0.39, 0.29) is 17.6 Å². The van der Waals surface area contributed by atoms with E-state index in [0.29, 0.717) is 37.4 Å². The zero-order valence-corrected chi connectivity index (χ0v) is 16.2. The third-order valence-corrected chi connectivity index (χ3v) is 5.14. The molecule has 0 aliphatic carbocycles. The van der Waals surface area contributed by atoms with Crippen LogP contribution in [0.2, 0.25) is 0 Å². The molecule has 9 heteroatoms. The van der Waals surface area contributed by atoms with Crippen LogP contribution in [0.15, 0.2) is 46.4 Å². The largest absolute Gasteiger partial charge is 0.337 e. The highest BCUT2D eigenvalue weighted by molar-refractivity contribution is 6.23. The number of aryl methyl sites for hydroxylation is 2. The van der Waals surface area contributed by atoms with E-state index in [9.17, 15) is 14.0 Å². The molecule has 0 N–H and O–H groups in total. The summed E-state index contributed by atoms with van der Waals surface area (Å²) in [7, 11) is 1.79. The number of rotatable bonds is 2. The topological polar surface area (TPSA) is 83.2 Å². The molecule has 2 aromatic rings. The number of guanidine groups is 1. The number of aliphatic imine (C=N–C) groups is 2. The standard InChI is InChI=1S/C20H21FN6O2/c1-13-12-15(24-25(13)2)19(29)26-8-10-27(11-9-26)20-22-17(16(21)18(28)23-20)14-6-4-3-5-7-14/h3-7,12,16H,8-11H2,1-2H3. The van der Waals surface area contributed by atoms with Crippen LogP contribution >= 0.6 is 0 Å². The number of benzene rings is 1. The molecule has 3 heterocycles. The molecule has 0 saturated carbocycles. The van der Waals surface area contributed by atoms with Gasteiger partial charge < -0.3 is 9.80 Å². The molecule has 0 radical (unpaired) electrons. The summed E-state index contributed by atoms with van der Waals surface area (Å²) in [5.74, 6) is -0.785.